The van der Waals surface area contributed by atoms with Gasteiger partial charge in [-0.15, -0.1) is 0 Å². The van der Waals surface area contributed by atoms with Gasteiger partial charge in [0.25, 0.3) is 0 Å². The number of hydrogen-bond donors (Lipinski definition) is 1. The van der Waals surface area contributed by atoms with E-state index in [9.17, 15) is 14.4 Å². The largest absolute Gasteiger partial charge is 0.497 e. The molecule has 0 aromatic heterocycles. The van der Waals surface area contributed by atoms with Crippen molar-refractivity contribution < 1.29 is 33.3 Å². The first-order valence-corrected chi connectivity index (χ1v) is 12.7. The summed E-state index contributed by atoms with van der Waals surface area (Å²) >= 11 is 0. The van der Waals surface area contributed by atoms with Gasteiger partial charge in [-0.2, -0.15) is 0 Å². The highest BCUT2D eigenvalue weighted by atomic mass is 16.5. The number of rotatable bonds is 8. The molecule has 1 aliphatic carbocycles. The van der Waals surface area contributed by atoms with Gasteiger partial charge in [-0.25, -0.2) is 4.79 Å². The van der Waals surface area contributed by atoms with Crippen LogP contribution in [0.2, 0.25) is 0 Å². The maximum Gasteiger partial charge on any atom is 0.336 e. The molecule has 0 spiro atoms. The van der Waals surface area contributed by atoms with Gasteiger partial charge in [-0.1, -0.05) is 36.4 Å². The summed E-state index contributed by atoms with van der Waals surface area (Å²) < 4.78 is 21.8. The average Bonchev–Trinajstić information content (AvgIpc) is 2.92. The lowest BCUT2D eigenvalue weighted by Crippen LogP contribution is -2.43. The van der Waals surface area contributed by atoms with E-state index >= 15 is 0 Å². The molecule has 8 nitrogen and oxygen atoms in total. The van der Waals surface area contributed by atoms with Gasteiger partial charge in [0.2, 0.25) is 0 Å². The van der Waals surface area contributed by atoms with Crippen molar-refractivity contribution in [1.82, 2.24) is 5.32 Å². The fourth-order valence-electron chi connectivity index (χ4n) is 5.40. The highest BCUT2D eigenvalue weighted by Gasteiger charge is 2.49. The van der Waals surface area contributed by atoms with Gasteiger partial charge < -0.3 is 24.3 Å². The van der Waals surface area contributed by atoms with E-state index in [-0.39, 0.29) is 19.0 Å². The van der Waals surface area contributed by atoms with Gasteiger partial charge in [0.05, 0.1) is 38.9 Å². The van der Waals surface area contributed by atoms with E-state index in [1.54, 1.807) is 46.1 Å². The minimum Gasteiger partial charge on any atom is -0.497 e. The lowest BCUT2D eigenvalue weighted by molar-refractivity contribution is -0.152. The monoisotopic (exact) mass is 519 g/mol. The van der Waals surface area contributed by atoms with Crippen LogP contribution in [0, 0.1) is 5.92 Å². The minimum atomic E-state index is -1.06. The Morgan fingerprint density at radius 1 is 0.974 bits per heavy atom. The normalized spacial score (nSPS) is 20.9. The smallest absolute Gasteiger partial charge is 0.336 e. The number of carbonyl (C=O) groups is 3. The Morgan fingerprint density at radius 2 is 1.68 bits per heavy atom. The molecule has 0 saturated carbocycles. The second-order valence-corrected chi connectivity index (χ2v) is 9.13. The standard InChI is InChI=1S/C30H33NO7/c1-6-37-29(33)24-17(3)31-22-16-21(18-11-9-8-10-12-18)26(30(34)38-7-2)28(32)27(22)25(24)20-14-13-19(35-4)15-23(20)36-5/h8-15,21,25-26,31H,6-7,16H2,1-5H3. The molecule has 2 aliphatic rings. The fourth-order valence-corrected chi connectivity index (χ4v) is 5.40. The Morgan fingerprint density at radius 3 is 2.32 bits per heavy atom. The summed E-state index contributed by atoms with van der Waals surface area (Å²) in [6.45, 7) is 5.55. The summed E-state index contributed by atoms with van der Waals surface area (Å²) in [4.78, 5) is 40.9. The molecule has 0 radical (unpaired) electrons. The predicted molar refractivity (Wildman–Crippen MR) is 141 cm³/mol. The Labute approximate surface area is 222 Å². The Kier molecular flexibility index (Phi) is 8.20. The summed E-state index contributed by atoms with van der Waals surface area (Å²) in [5.74, 6) is -2.80. The quantitative estimate of drug-likeness (QED) is 0.404. The number of ether oxygens (including phenoxy) is 4. The Balaban J connectivity index is 1.94. The fraction of sp³-hybridized carbons (Fsp3) is 0.367. The molecule has 8 heteroatoms. The molecule has 4 rings (SSSR count). The molecule has 2 aromatic rings. The van der Waals surface area contributed by atoms with Gasteiger partial charge in [-0.05, 0) is 38.8 Å². The summed E-state index contributed by atoms with van der Waals surface area (Å²) in [5, 5.41) is 3.31. The van der Waals surface area contributed by atoms with Crippen LogP contribution in [0.3, 0.4) is 0 Å². The topological polar surface area (TPSA) is 100 Å². The Bertz CT molecular complexity index is 1290. The van der Waals surface area contributed by atoms with Gasteiger partial charge in [0.15, 0.2) is 5.78 Å². The van der Waals surface area contributed by atoms with Gasteiger partial charge in [-0.3, -0.25) is 9.59 Å². The maximum atomic E-state index is 14.4. The number of dihydropyridines is 1. The second-order valence-electron chi connectivity index (χ2n) is 9.13. The maximum absolute atomic E-state index is 14.4. The molecular formula is C30H33NO7. The zero-order chi connectivity index (χ0) is 27.4. The molecule has 38 heavy (non-hydrogen) atoms. The number of Topliss-reactive ketones (excluding diaryl/α,β-unsaturated/α-hetero) is 1. The number of methoxy groups -OCH3 is 2. The molecule has 2 aromatic carbocycles. The Hall–Kier alpha value is -4.07. The summed E-state index contributed by atoms with van der Waals surface area (Å²) in [7, 11) is 3.07. The van der Waals surface area contributed by atoms with Crippen molar-refractivity contribution in [2.45, 2.75) is 39.0 Å². The number of hydrogen-bond acceptors (Lipinski definition) is 8. The van der Waals surface area contributed by atoms with Gasteiger partial charge >= 0.3 is 11.9 Å². The third-order valence-corrected chi connectivity index (χ3v) is 7.03. The first kappa shape index (κ1) is 27.0. The molecule has 1 N–H and O–H groups in total. The third kappa shape index (κ3) is 4.90. The van der Waals surface area contributed by atoms with Crippen LogP contribution in [-0.2, 0) is 23.9 Å². The van der Waals surface area contributed by atoms with Crippen LogP contribution in [-0.4, -0.2) is 45.2 Å². The van der Waals surface area contributed by atoms with Crippen LogP contribution in [0.5, 0.6) is 11.5 Å². The van der Waals surface area contributed by atoms with E-state index in [2.05, 4.69) is 5.32 Å². The van der Waals surface area contributed by atoms with Gasteiger partial charge in [0.1, 0.15) is 17.4 Å². The highest BCUT2D eigenvalue weighted by molar-refractivity contribution is 6.13. The van der Waals surface area contributed by atoms with E-state index in [1.807, 2.05) is 30.3 Å². The first-order valence-electron chi connectivity index (χ1n) is 12.7. The minimum absolute atomic E-state index is 0.150. The number of carbonyl (C=O) groups excluding carboxylic acids is 3. The molecule has 0 saturated heterocycles. The van der Waals surface area contributed by atoms with Gasteiger partial charge in [0, 0.05) is 34.5 Å². The van der Waals surface area contributed by atoms with E-state index in [4.69, 9.17) is 18.9 Å². The second kappa shape index (κ2) is 11.5. The van der Waals surface area contributed by atoms with Crippen LogP contribution in [0.15, 0.2) is 71.1 Å². The van der Waals surface area contributed by atoms with E-state index in [0.717, 1.165) is 5.56 Å². The number of ketones is 1. The van der Waals surface area contributed by atoms with Crippen molar-refractivity contribution in [2.24, 2.45) is 5.92 Å². The van der Waals surface area contributed by atoms with E-state index in [0.29, 0.717) is 46.0 Å². The molecule has 0 amide bonds. The van der Waals surface area contributed by atoms with Crippen molar-refractivity contribution >= 4 is 17.7 Å². The van der Waals surface area contributed by atoms with Crippen molar-refractivity contribution in [1.29, 1.82) is 0 Å². The number of esters is 2. The van der Waals surface area contributed by atoms with Crippen LogP contribution in [0.1, 0.15) is 50.2 Å². The van der Waals surface area contributed by atoms with Crippen LogP contribution in [0.4, 0.5) is 0 Å². The van der Waals surface area contributed by atoms with Crippen molar-refractivity contribution in [3.05, 3.63) is 82.2 Å². The van der Waals surface area contributed by atoms with E-state index in [1.165, 1.54) is 7.11 Å². The van der Waals surface area contributed by atoms with Crippen molar-refractivity contribution in [3.63, 3.8) is 0 Å². The molecule has 200 valence electrons. The lowest BCUT2D eigenvalue weighted by Gasteiger charge is -2.39. The third-order valence-electron chi connectivity index (χ3n) is 7.03. The molecule has 1 heterocycles. The number of benzene rings is 2. The van der Waals surface area contributed by atoms with Crippen LogP contribution >= 0.6 is 0 Å². The average molecular weight is 520 g/mol. The van der Waals surface area contributed by atoms with Crippen molar-refractivity contribution in [2.75, 3.05) is 27.4 Å². The summed E-state index contributed by atoms with van der Waals surface area (Å²) in [6, 6.07) is 14.7. The molecule has 1 aliphatic heterocycles. The predicted octanol–water partition coefficient (Wildman–Crippen LogP) is 4.42. The zero-order valence-corrected chi connectivity index (χ0v) is 22.3. The van der Waals surface area contributed by atoms with Crippen LogP contribution < -0.4 is 14.8 Å². The molecule has 0 fully saturated rings. The summed E-state index contributed by atoms with van der Waals surface area (Å²) in [5.41, 5.74) is 3.34. The lowest BCUT2D eigenvalue weighted by atomic mass is 9.67. The SMILES string of the molecule is CCOC(=O)C1=C(C)NC2=C(C(=O)C(C(=O)OCC)C(c3ccccc3)C2)C1c1ccc(OC)cc1OC. The van der Waals surface area contributed by atoms with Crippen LogP contribution in [0.25, 0.3) is 0 Å². The molecule has 3 unspecified atom stereocenters. The number of allylic oxidation sites excluding steroid dienone is 3. The zero-order valence-electron chi connectivity index (χ0n) is 22.3. The highest BCUT2D eigenvalue weighted by Crippen LogP contribution is 2.50. The first-order chi connectivity index (χ1) is 18.4. The molecule has 0 bridgehead atoms. The molecular weight excluding hydrogens is 486 g/mol. The molecule has 3 atom stereocenters. The number of nitrogens with one attached hydrogen (secondary N) is 1. The van der Waals surface area contributed by atoms with Crippen molar-refractivity contribution in [3.8, 4) is 11.5 Å². The summed E-state index contributed by atoms with van der Waals surface area (Å²) in [6.07, 6.45) is 0.386. The van der Waals surface area contributed by atoms with E-state index < -0.39 is 29.7 Å².